The van der Waals surface area contributed by atoms with E-state index in [2.05, 4.69) is 69.2 Å². The topological polar surface area (TPSA) is 43.4 Å². The largest absolute Gasteiger partial charge is 0.494 e. The summed E-state index contributed by atoms with van der Waals surface area (Å²) >= 11 is 0. The van der Waals surface area contributed by atoms with Gasteiger partial charge in [0.15, 0.2) is 0 Å². The Hall–Kier alpha value is -2.44. The number of halogens is 1. The van der Waals surface area contributed by atoms with Gasteiger partial charge < -0.3 is 14.6 Å². The smallest absolute Gasteiger partial charge is 0.399 e. The maximum absolute atomic E-state index is 15.7. The van der Waals surface area contributed by atoms with E-state index in [1.807, 2.05) is 38.1 Å². The maximum atomic E-state index is 15.7. The highest BCUT2D eigenvalue weighted by atomic mass is 19.1. The van der Waals surface area contributed by atoms with Crippen molar-refractivity contribution in [2.45, 2.75) is 71.3 Å². The Balaban J connectivity index is 1.66. The molecule has 4 nitrogen and oxygen atoms in total. The van der Waals surface area contributed by atoms with Gasteiger partial charge in [-0.3, -0.25) is 0 Å². The number of rotatable bonds is 2. The maximum Gasteiger partial charge on any atom is 0.494 e. The van der Waals surface area contributed by atoms with Crippen LogP contribution < -0.4 is 10.8 Å². The summed E-state index contributed by atoms with van der Waals surface area (Å²) in [4.78, 5) is 4.57. The molecule has 2 aromatic rings. The van der Waals surface area contributed by atoms with Crippen LogP contribution in [0.4, 0.5) is 10.2 Å². The van der Waals surface area contributed by atoms with Crippen LogP contribution in [0.2, 0.25) is 0 Å². The number of anilines is 1. The van der Waals surface area contributed by atoms with Gasteiger partial charge >= 0.3 is 7.12 Å². The third-order valence-electron chi connectivity index (χ3n) is 8.00. The minimum atomic E-state index is -1.15. The van der Waals surface area contributed by atoms with E-state index >= 15 is 4.39 Å². The summed E-state index contributed by atoms with van der Waals surface area (Å²) in [6, 6.07) is 12.3. The van der Waals surface area contributed by atoms with Crippen LogP contribution >= 0.6 is 0 Å². The molecule has 3 heterocycles. The molecule has 2 aliphatic heterocycles. The predicted molar refractivity (Wildman–Crippen MR) is 131 cm³/mol. The number of fused-ring (bicyclic) bond motifs is 1. The van der Waals surface area contributed by atoms with Crippen molar-refractivity contribution in [3.63, 3.8) is 0 Å². The van der Waals surface area contributed by atoms with E-state index in [-0.39, 0.29) is 0 Å². The van der Waals surface area contributed by atoms with Crippen molar-refractivity contribution in [3.05, 3.63) is 77.1 Å². The molecule has 0 bridgehead atoms. The fourth-order valence-corrected chi connectivity index (χ4v) is 5.02. The van der Waals surface area contributed by atoms with Crippen LogP contribution in [0.5, 0.6) is 0 Å². The van der Waals surface area contributed by atoms with Crippen molar-refractivity contribution in [1.82, 2.24) is 4.98 Å². The van der Waals surface area contributed by atoms with Gasteiger partial charge in [-0.15, -0.1) is 0 Å². The Labute approximate surface area is 196 Å². The number of allylic oxidation sites excluding steroid dienone is 4. The molecule has 33 heavy (non-hydrogen) atoms. The fraction of sp³-hybridized carbons (Fsp3) is 0.444. The fourth-order valence-electron chi connectivity index (χ4n) is 5.02. The van der Waals surface area contributed by atoms with Crippen molar-refractivity contribution in [2.24, 2.45) is 5.41 Å². The second-order valence-electron chi connectivity index (χ2n) is 11.2. The average Bonchev–Trinajstić information content (AvgIpc) is 2.98. The summed E-state index contributed by atoms with van der Waals surface area (Å²) in [5.41, 5.74) is 2.54. The summed E-state index contributed by atoms with van der Waals surface area (Å²) in [7, 11) is -0.461. The molecule has 1 N–H and O–H groups in total. The van der Waals surface area contributed by atoms with E-state index in [4.69, 9.17) is 9.31 Å². The van der Waals surface area contributed by atoms with Crippen molar-refractivity contribution >= 4 is 18.4 Å². The van der Waals surface area contributed by atoms with Crippen molar-refractivity contribution < 1.29 is 13.7 Å². The lowest BCUT2D eigenvalue weighted by molar-refractivity contribution is 0.00578. The van der Waals surface area contributed by atoms with E-state index in [1.165, 1.54) is 0 Å². The second kappa shape index (κ2) is 7.03. The summed E-state index contributed by atoms with van der Waals surface area (Å²) in [6.07, 6.45) is 4.65. The minimum absolute atomic E-state index is 0.419. The summed E-state index contributed by atoms with van der Waals surface area (Å²) in [6.45, 7) is 14.2. The van der Waals surface area contributed by atoms with E-state index in [0.29, 0.717) is 11.5 Å². The van der Waals surface area contributed by atoms with Gasteiger partial charge in [0, 0.05) is 22.6 Å². The molecule has 1 aromatic carbocycles. The Morgan fingerprint density at radius 3 is 2.36 bits per heavy atom. The van der Waals surface area contributed by atoms with Gasteiger partial charge in [-0.2, -0.15) is 0 Å². The predicted octanol–water partition coefficient (Wildman–Crippen LogP) is 5.30. The summed E-state index contributed by atoms with van der Waals surface area (Å²) in [5, 5.41) is 3.31. The molecule has 2 atom stereocenters. The first-order valence-electron chi connectivity index (χ1n) is 11.6. The number of hydrogen-bond donors (Lipinski definition) is 1. The van der Waals surface area contributed by atoms with Gasteiger partial charge in [0.2, 0.25) is 0 Å². The number of nitrogens with zero attached hydrogens (tertiary/aromatic N) is 1. The molecule has 0 saturated carbocycles. The first kappa shape index (κ1) is 22.4. The molecular formula is C27H32BFN2O2. The van der Waals surface area contributed by atoms with E-state index in [0.717, 1.165) is 22.2 Å². The van der Waals surface area contributed by atoms with E-state index in [1.54, 1.807) is 6.20 Å². The van der Waals surface area contributed by atoms with Crippen LogP contribution in [-0.4, -0.2) is 29.5 Å². The summed E-state index contributed by atoms with van der Waals surface area (Å²) in [5.74, 6) is 0.702. The Bertz CT molecular complexity index is 1170. The number of nitrogens with one attached hydrogen (secondary N) is 1. The highest BCUT2D eigenvalue weighted by molar-refractivity contribution is 6.62. The van der Waals surface area contributed by atoms with Crippen LogP contribution in [0.3, 0.4) is 0 Å². The first-order valence-corrected chi connectivity index (χ1v) is 11.6. The van der Waals surface area contributed by atoms with E-state index < -0.39 is 35.3 Å². The zero-order valence-corrected chi connectivity index (χ0v) is 20.5. The molecular weight excluding hydrogens is 414 g/mol. The number of pyridine rings is 1. The molecule has 5 rings (SSSR count). The van der Waals surface area contributed by atoms with Crippen LogP contribution in [0, 0.1) is 5.41 Å². The second-order valence-corrected chi connectivity index (χ2v) is 11.2. The number of aromatic nitrogens is 1. The Morgan fingerprint density at radius 2 is 1.67 bits per heavy atom. The lowest BCUT2D eigenvalue weighted by Gasteiger charge is -2.44. The number of benzene rings is 1. The van der Waals surface area contributed by atoms with Crippen LogP contribution in [-0.2, 0) is 14.7 Å². The quantitative estimate of drug-likeness (QED) is 0.636. The number of alkyl halides is 1. The molecule has 0 radical (unpaired) electrons. The molecule has 2 unspecified atom stereocenters. The zero-order valence-electron chi connectivity index (χ0n) is 20.5. The first-order chi connectivity index (χ1) is 15.4. The standard InChI is InChI=1S/C27H32BFN2O2/c1-24(2)14-13-19-21(22(24)29)31-23-20(12-9-15-30-23)27(19,7)17-10-8-11-18(16-17)28-32-25(3,4)26(5,6)33-28/h8-16,22H,1-7H3,(H,30,31). The SMILES string of the molecule is CC1(c2cccc(B3OC(C)(C)C(C)(C)O3)c2)C2=C(Nc3ncccc31)C(F)C(C)(C)C=C2. The molecule has 1 aliphatic carbocycles. The Kier molecular flexibility index (Phi) is 4.77. The normalized spacial score (nSPS) is 28.8. The molecule has 1 saturated heterocycles. The molecule has 3 aliphatic rings. The van der Waals surface area contributed by atoms with Crippen molar-refractivity contribution in [2.75, 3.05) is 5.32 Å². The highest BCUT2D eigenvalue weighted by Gasteiger charge is 2.52. The molecule has 172 valence electrons. The number of hydrogen-bond acceptors (Lipinski definition) is 4. The summed E-state index contributed by atoms with van der Waals surface area (Å²) < 4.78 is 28.3. The van der Waals surface area contributed by atoms with Gasteiger partial charge in [-0.1, -0.05) is 56.3 Å². The molecule has 1 fully saturated rings. The monoisotopic (exact) mass is 446 g/mol. The Morgan fingerprint density at radius 1 is 0.970 bits per heavy atom. The minimum Gasteiger partial charge on any atom is -0.399 e. The van der Waals surface area contributed by atoms with Crippen LogP contribution in [0.15, 0.2) is 66.0 Å². The van der Waals surface area contributed by atoms with Gasteiger partial charge in [0.1, 0.15) is 12.0 Å². The molecule has 6 heteroatoms. The molecule has 0 spiro atoms. The highest BCUT2D eigenvalue weighted by Crippen LogP contribution is 2.51. The van der Waals surface area contributed by atoms with Crippen LogP contribution in [0.1, 0.15) is 59.6 Å². The third kappa shape index (κ3) is 3.22. The van der Waals surface area contributed by atoms with Crippen LogP contribution in [0.25, 0.3) is 0 Å². The average molecular weight is 446 g/mol. The van der Waals surface area contributed by atoms with Gasteiger partial charge in [0.25, 0.3) is 0 Å². The van der Waals surface area contributed by atoms with Gasteiger partial charge in [0.05, 0.1) is 16.9 Å². The lowest BCUT2D eigenvalue weighted by Crippen LogP contribution is -2.42. The third-order valence-corrected chi connectivity index (χ3v) is 8.00. The molecule has 1 aromatic heterocycles. The van der Waals surface area contributed by atoms with Crippen molar-refractivity contribution in [3.8, 4) is 0 Å². The lowest BCUT2D eigenvalue weighted by atomic mass is 9.63. The van der Waals surface area contributed by atoms with Crippen molar-refractivity contribution in [1.29, 1.82) is 0 Å². The molecule has 0 amide bonds. The zero-order chi connectivity index (χ0) is 23.8. The van der Waals surface area contributed by atoms with Gasteiger partial charge in [-0.05, 0) is 57.3 Å². The van der Waals surface area contributed by atoms with E-state index in [9.17, 15) is 0 Å². The van der Waals surface area contributed by atoms with Gasteiger partial charge in [-0.25, -0.2) is 9.37 Å².